The standard InChI is InChI=1S/C24H29FN4O3.2C2H2O4/c1-16-13-21(30-3)22(31-4)14-19(16)15-28-9-11-29(12-10-28)17(2)23-26-27-24(32-23)18-5-7-20(25)8-6-18;2*3-1(4)2(5)6/h5-8,13-14,17H,9-12,15H2,1-4H3;2*(H,3,4)(H,5,6). The van der Waals surface area contributed by atoms with Crippen LogP contribution in [0, 0.1) is 12.7 Å². The van der Waals surface area contributed by atoms with Gasteiger partial charge in [-0.1, -0.05) is 0 Å². The zero-order chi connectivity index (χ0) is 33.0. The fraction of sp³-hybridized carbons (Fsp3) is 0.357. The number of carboxylic acid groups (broad SMARTS) is 4. The van der Waals surface area contributed by atoms with E-state index in [1.165, 1.54) is 23.3 Å². The van der Waals surface area contributed by atoms with Crippen molar-refractivity contribution >= 4 is 23.9 Å². The molecule has 0 radical (unpaired) electrons. The number of methoxy groups -OCH3 is 2. The number of aromatic nitrogens is 2. The Morgan fingerprint density at radius 1 is 0.864 bits per heavy atom. The number of piperazine rings is 1. The second-order valence-electron chi connectivity index (χ2n) is 9.29. The van der Waals surface area contributed by atoms with Crippen molar-refractivity contribution in [2.45, 2.75) is 26.4 Å². The first-order chi connectivity index (χ1) is 20.8. The summed E-state index contributed by atoms with van der Waals surface area (Å²) in [5.41, 5.74) is 3.15. The van der Waals surface area contributed by atoms with E-state index >= 15 is 0 Å². The summed E-state index contributed by atoms with van der Waals surface area (Å²) in [6.07, 6.45) is 0. The number of carboxylic acids is 4. The summed E-state index contributed by atoms with van der Waals surface area (Å²) < 4.78 is 29.9. The molecule has 1 aliphatic heterocycles. The fourth-order valence-electron chi connectivity index (χ4n) is 4.01. The third-order valence-electron chi connectivity index (χ3n) is 6.45. The average molecular weight is 621 g/mol. The van der Waals surface area contributed by atoms with Gasteiger partial charge in [-0.2, -0.15) is 0 Å². The molecule has 3 aromatic rings. The highest BCUT2D eigenvalue weighted by Gasteiger charge is 2.26. The average Bonchev–Trinajstić information content (AvgIpc) is 3.49. The quantitative estimate of drug-likeness (QED) is 0.279. The molecular formula is C28H33FN4O11. The molecule has 238 valence electrons. The van der Waals surface area contributed by atoms with Crippen molar-refractivity contribution in [2.75, 3.05) is 40.4 Å². The molecule has 2 heterocycles. The van der Waals surface area contributed by atoms with E-state index in [4.69, 9.17) is 53.5 Å². The molecule has 0 aliphatic carbocycles. The van der Waals surface area contributed by atoms with Gasteiger partial charge >= 0.3 is 23.9 Å². The Balaban J connectivity index is 0.000000477. The Hall–Kier alpha value is -5.09. The Morgan fingerprint density at radius 2 is 1.36 bits per heavy atom. The van der Waals surface area contributed by atoms with E-state index in [0.29, 0.717) is 17.3 Å². The first-order valence-electron chi connectivity index (χ1n) is 13.0. The van der Waals surface area contributed by atoms with Crippen molar-refractivity contribution in [3.8, 4) is 23.0 Å². The number of benzene rings is 2. The van der Waals surface area contributed by atoms with E-state index in [1.54, 1.807) is 26.4 Å². The van der Waals surface area contributed by atoms with Gasteiger partial charge in [-0.25, -0.2) is 23.6 Å². The zero-order valence-corrected chi connectivity index (χ0v) is 24.4. The van der Waals surface area contributed by atoms with Gasteiger partial charge in [0.2, 0.25) is 11.8 Å². The molecule has 0 bridgehead atoms. The molecule has 4 rings (SSSR count). The molecule has 1 fully saturated rings. The van der Waals surface area contributed by atoms with Crippen LogP contribution < -0.4 is 9.47 Å². The topological polar surface area (TPSA) is 213 Å². The van der Waals surface area contributed by atoms with Gasteiger partial charge in [-0.15, -0.1) is 10.2 Å². The van der Waals surface area contributed by atoms with Gasteiger partial charge in [0.05, 0.1) is 20.3 Å². The molecule has 1 atom stereocenters. The summed E-state index contributed by atoms with van der Waals surface area (Å²) in [6.45, 7) is 8.74. The Labute approximate surface area is 251 Å². The van der Waals surface area contributed by atoms with Crippen LogP contribution in [-0.4, -0.2) is 105 Å². The van der Waals surface area contributed by atoms with Gasteiger partial charge in [0, 0.05) is 38.3 Å². The van der Waals surface area contributed by atoms with Gasteiger partial charge in [-0.3, -0.25) is 9.80 Å². The molecule has 1 saturated heterocycles. The minimum Gasteiger partial charge on any atom is -0.493 e. The number of hydrogen-bond acceptors (Lipinski definition) is 11. The van der Waals surface area contributed by atoms with Crippen LogP contribution in [0.25, 0.3) is 11.5 Å². The number of aryl methyl sites for hydroxylation is 1. The molecular weight excluding hydrogens is 587 g/mol. The molecule has 15 nitrogen and oxygen atoms in total. The van der Waals surface area contributed by atoms with Crippen LogP contribution in [0.4, 0.5) is 4.39 Å². The first kappa shape index (κ1) is 35.1. The molecule has 4 N–H and O–H groups in total. The predicted molar refractivity (Wildman–Crippen MR) is 150 cm³/mol. The monoisotopic (exact) mass is 620 g/mol. The molecule has 0 amide bonds. The van der Waals surface area contributed by atoms with E-state index in [0.717, 1.165) is 44.2 Å². The number of aliphatic carboxylic acids is 4. The van der Waals surface area contributed by atoms with Crippen LogP contribution >= 0.6 is 0 Å². The number of rotatable bonds is 7. The second-order valence-corrected chi connectivity index (χ2v) is 9.29. The van der Waals surface area contributed by atoms with E-state index in [-0.39, 0.29) is 11.9 Å². The van der Waals surface area contributed by atoms with Crippen molar-refractivity contribution in [1.29, 1.82) is 0 Å². The van der Waals surface area contributed by atoms with Crippen molar-refractivity contribution in [2.24, 2.45) is 0 Å². The third kappa shape index (κ3) is 10.3. The number of nitrogens with zero attached hydrogens (tertiary/aromatic N) is 4. The molecule has 2 aromatic carbocycles. The molecule has 1 aromatic heterocycles. The lowest BCUT2D eigenvalue weighted by atomic mass is 10.1. The predicted octanol–water partition coefficient (Wildman–Crippen LogP) is 2.39. The molecule has 44 heavy (non-hydrogen) atoms. The smallest absolute Gasteiger partial charge is 0.414 e. The highest BCUT2D eigenvalue weighted by Crippen LogP contribution is 2.31. The van der Waals surface area contributed by atoms with Crippen molar-refractivity contribution in [3.05, 3.63) is 59.2 Å². The van der Waals surface area contributed by atoms with Crippen LogP contribution in [0.1, 0.15) is 30.0 Å². The highest BCUT2D eigenvalue weighted by atomic mass is 19.1. The maximum Gasteiger partial charge on any atom is 0.414 e. The number of carbonyl (C=O) groups is 4. The van der Waals surface area contributed by atoms with E-state index in [1.807, 2.05) is 6.07 Å². The molecule has 1 aliphatic rings. The lowest BCUT2D eigenvalue weighted by molar-refractivity contribution is -0.159. The zero-order valence-electron chi connectivity index (χ0n) is 24.4. The SMILES string of the molecule is COc1cc(C)c(CN2CCN(C(C)c3nnc(-c4ccc(F)cc4)o3)CC2)cc1OC.O=C(O)C(=O)O.O=C(O)C(=O)O. The fourth-order valence-corrected chi connectivity index (χ4v) is 4.01. The van der Waals surface area contributed by atoms with Crippen molar-refractivity contribution in [3.63, 3.8) is 0 Å². The Morgan fingerprint density at radius 3 is 1.84 bits per heavy atom. The van der Waals surface area contributed by atoms with Gasteiger partial charge in [0.25, 0.3) is 0 Å². The first-order valence-corrected chi connectivity index (χ1v) is 13.0. The largest absolute Gasteiger partial charge is 0.493 e. The van der Waals surface area contributed by atoms with Gasteiger partial charge in [0.1, 0.15) is 5.82 Å². The van der Waals surface area contributed by atoms with Crippen molar-refractivity contribution in [1.82, 2.24) is 20.0 Å². The molecule has 0 saturated carbocycles. The van der Waals surface area contributed by atoms with Crippen LogP contribution in [0.15, 0.2) is 40.8 Å². The summed E-state index contributed by atoms with van der Waals surface area (Å²) in [6, 6.07) is 10.2. The molecule has 1 unspecified atom stereocenters. The Bertz CT molecular complexity index is 1390. The normalized spacial score (nSPS) is 13.8. The van der Waals surface area contributed by atoms with E-state index < -0.39 is 23.9 Å². The summed E-state index contributed by atoms with van der Waals surface area (Å²) in [7, 11) is 3.32. The number of halogens is 1. The van der Waals surface area contributed by atoms with E-state index in [2.05, 4.69) is 39.9 Å². The maximum atomic E-state index is 13.2. The second kappa shape index (κ2) is 16.5. The lowest BCUT2D eigenvalue weighted by Gasteiger charge is -2.37. The number of hydrogen-bond donors (Lipinski definition) is 4. The number of ether oxygens (including phenoxy) is 2. The highest BCUT2D eigenvalue weighted by molar-refractivity contribution is 6.27. The van der Waals surface area contributed by atoms with Crippen LogP contribution in [0.5, 0.6) is 11.5 Å². The van der Waals surface area contributed by atoms with Crippen molar-refractivity contribution < 1.29 is 57.9 Å². The van der Waals surface area contributed by atoms with Gasteiger partial charge in [-0.05, 0) is 61.4 Å². The van der Waals surface area contributed by atoms with Crippen LogP contribution in [-0.2, 0) is 25.7 Å². The van der Waals surface area contributed by atoms with Gasteiger partial charge in [0.15, 0.2) is 11.5 Å². The van der Waals surface area contributed by atoms with E-state index in [9.17, 15) is 4.39 Å². The minimum atomic E-state index is -1.82. The minimum absolute atomic E-state index is 0.0154. The maximum absolute atomic E-state index is 13.2. The summed E-state index contributed by atoms with van der Waals surface area (Å²) >= 11 is 0. The van der Waals surface area contributed by atoms with Gasteiger partial charge < -0.3 is 34.3 Å². The third-order valence-corrected chi connectivity index (χ3v) is 6.45. The molecule has 16 heteroatoms. The summed E-state index contributed by atoms with van der Waals surface area (Å²) in [4.78, 5) is 41.2. The lowest BCUT2D eigenvalue weighted by Crippen LogP contribution is -2.46. The summed E-state index contributed by atoms with van der Waals surface area (Å²) in [5, 5.41) is 37.9. The van der Waals surface area contributed by atoms with Crippen LogP contribution in [0.2, 0.25) is 0 Å². The summed E-state index contributed by atoms with van der Waals surface area (Å²) in [5.74, 6) is -5.08. The van der Waals surface area contributed by atoms with Crippen LogP contribution in [0.3, 0.4) is 0 Å². The Kier molecular flexibility index (Phi) is 13.2. The molecule has 0 spiro atoms.